The highest BCUT2D eigenvalue weighted by atomic mass is 16.5. The Kier molecular flexibility index (Phi) is 5.22. The predicted molar refractivity (Wildman–Crippen MR) is 80.5 cm³/mol. The number of benzene rings is 1. The van der Waals surface area contributed by atoms with Crippen molar-refractivity contribution >= 4 is 0 Å². The molecular formula is C17H24O2. The lowest BCUT2D eigenvalue weighted by Crippen LogP contribution is -2.28. The van der Waals surface area contributed by atoms with E-state index in [0.717, 1.165) is 17.1 Å². The summed E-state index contributed by atoms with van der Waals surface area (Å²) in [6.45, 7) is 12.1. The van der Waals surface area contributed by atoms with Crippen molar-refractivity contribution in [3.05, 3.63) is 42.2 Å². The summed E-state index contributed by atoms with van der Waals surface area (Å²) >= 11 is 0. The zero-order valence-corrected chi connectivity index (χ0v) is 12.8. The third-order valence-corrected chi connectivity index (χ3v) is 2.81. The largest absolute Gasteiger partial charge is 0.479 e. The van der Waals surface area contributed by atoms with Crippen LogP contribution >= 0.6 is 0 Å². The van der Waals surface area contributed by atoms with Crippen LogP contribution in [-0.4, -0.2) is 0 Å². The first-order valence-electron chi connectivity index (χ1n) is 7.05. The molecule has 0 radical (unpaired) electrons. The fraction of sp³-hybridized carbons (Fsp3) is 0.412. The SMILES string of the molecule is CC.CC.CC1(C)Oc2ccoc2-c2ccccc21. The van der Waals surface area contributed by atoms with Gasteiger partial charge in [-0.05, 0) is 13.8 Å². The lowest BCUT2D eigenvalue weighted by Gasteiger charge is -2.32. The average molecular weight is 260 g/mol. The highest BCUT2D eigenvalue weighted by Gasteiger charge is 2.33. The van der Waals surface area contributed by atoms with Crippen LogP contribution in [-0.2, 0) is 5.60 Å². The molecule has 104 valence electrons. The first-order chi connectivity index (χ1) is 9.18. The second-order valence-corrected chi connectivity index (χ2v) is 4.27. The van der Waals surface area contributed by atoms with Crippen molar-refractivity contribution in [3.63, 3.8) is 0 Å². The van der Waals surface area contributed by atoms with Gasteiger partial charge >= 0.3 is 0 Å². The first-order valence-corrected chi connectivity index (χ1v) is 7.05. The van der Waals surface area contributed by atoms with Crippen LogP contribution in [0.5, 0.6) is 5.75 Å². The molecule has 2 heteroatoms. The number of rotatable bonds is 0. The van der Waals surface area contributed by atoms with E-state index in [1.165, 1.54) is 5.56 Å². The molecule has 0 amide bonds. The molecule has 0 atom stereocenters. The van der Waals surface area contributed by atoms with Crippen LogP contribution in [0.3, 0.4) is 0 Å². The smallest absolute Gasteiger partial charge is 0.176 e. The van der Waals surface area contributed by atoms with Gasteiger partial charge in [-0.2, -0.15) is 0 Å². The quantitative estimate of drug-likeness (QED) is 0.612. The van der Waals surface area contributed by atoms with E-state index in [9.17, 15) is 0 Å². The Morgan fingerprint density at radius 2 is 1.53 bits per heavy atom. The van der Waals surface area contributed by atoms with E-state index in [1.807, 2.05) is 45.9 Å². The summed E-state index contributed by atoms with van der Waals surface area (Å²) in [5, 5.41) is 0. The highest BCUT2D eigenvalue weighted by Crippen LogP contribution is 2.45. The molecule has 1 aromatic carbocycles. The molecule has 0 unspecified atom stereocenters. The molecule has 1 aromatic heterocycles. The van der Waals surface area contributed by atoms with E-state index in [1.54, 1.807) is 6.26 Å². The van der Waals surface area contributed by atoms with Gasteiger partial charge in [0.05, 0.1) is 6.26 Å². The van der Waals surface area contributed by atoms with Gasteiger partial charge in [-0.25, -0.2) is 0 Å². The van der Waals surface area contributed by atoms with Crippen LogP contribution in [0.1, 0.15) is 47.1 Å². The van der Waals surface area contributed by atoms with Gasteiger partial charge in [0.2, 0.25) is 0 Å². The summed E-state index contributed by atoms with van der Waals surface area (Å²) in [5.74, 6) is 1.67. The first kappa shape index (κ1) is 15.4. The Labute approximate surface area is 116 Å². The maximum Gasteiger partial charge on any atom is 0.176 e. The molecule has 3 rings (SSSR count). The third-order valence-electron chi connectivity index (χ3n) is 2.81. The molecule has 0 bridgehead atoms. The molecular weight excluding hydrogens is 236 g/mol. The van der Waals surface area contributed by atoms with Crippen molar-refractivity contribution in [3.8, 4) is 17.1 Å². The minimum Gasteiger partial charge on any atom is -0.479 e. The van der Waals surface area contributed by atoms with Gasteiger partial charge in [0.1, 0.15) is 5.60 Å². The lowest BCUT2D eigenvalue weighted by molar-refractivity contribution is 0.104. The van der Waals surface area contributed by atoms with Crippen molar-refractivity contribution in [2.45, 2.75) is 47.1 Å². The molecule has 0 fully saturated rings. The molecule has 2 heterocycles. The fourth-order valence-electron chi connectivity index (χ4n) is 2.11. The average Bonchev–Trinajstić information content (AvgIpc) is 2.91. The summed E-state index contributed by atoms with van der Waals surface area (Å²) in [4.78, 5) is 0. The van der Waals surface area contributed by atoms with E-state index < -0.39 is 0 Å². The van der Waals surface area contributed by atoms with Crippen LogP contribution < -0.4 is 4.74 Å². The molecule has 0 aliphatic carbocycles. The second-order valence-electron chi connectivity index (χ2n) is 4.27. The zero-order chi connectivity index (χ0) is 14.5. The Morgan fingerprint density at radius 1 is 0.895 bits per heavy atom. The second kappa shape index (κ2) is 6.46. The standard InChI is InChI=1S/C13H12O2.2C2H6/c1-13(2)10-6-4-3-5-9(10)12-11(15-13)7-8-14-12;2*1-2/h3-8H,1-2H3;2*1-2H3. The van der Waals surface area contributed by atoms with E-state index in [2.05, 4.69) is 26.0 Å². The fourth-order valence-corrected chi connectivity index (χ4v) is 2.11. The predicted octanol–water partition coefficient (Wildman–Crippen LogP) is 5.63. The lowest BCUT2D eigenvalue weighted by atomic mass is 9.89. The maximum absolute atomic E-state index is 5.89. The third kappa shape index (κ3) is 2.83. The Balaban J connectivity index is 0.000000415. The van der Waals surface area contributed by atoms with Gasteiger partial charge in [-0.1, -0.05) is 52.0 Å². The topological polar surface area (TPSA) is 22.4 Å². The molecule has 1 aliphatic rings. The number of ether oxygens (including phenoxy) is 1. The highest BCUT2D eigenvalue weighted by molar-refractivity contribution is 5.71. The summed E-state index contributed by atoms with van der Waals surface area (Å²) in [7, 11) is 0. The summed E-state index contributed by atoms with van der Waals surface area (Å²) in [5.41, 5.74) is 2.02. The number of hydrogen-bond acceptors (Lipinski definition) is 2. The molecule has 19 heavy (non-hydrogen) atoms. The van der Waals surface area contributed by atoms with Crippen molar-refractivity contribution in [2.75, 3.05) is 0 Å². The van der Waals surface area contributed by atoms with Crippen molar-refractivity contribution < 1.29 is 9.15 Å². The van der Waals surface area contributed by atoms with E-state index in [0.29, 0.717) is 0 Å². The minimum absolute atomic E-state index is 0.284. The minimum atomic E-state index is -0.284. The monoisotopic (exact) mass is 260 g/mol. The van der Waals surface area contributed by atoms with Gasteiger partial charge in [0, 0.05) is 17.2 Å². The van der Waals surface area contributed by atoms with Crippen molar-refractivity contribution in [2.24, 2.45) is 0 Å². The Morgan fingerprint density at radius 3 is 2.21 bits per heavy atom. The van der Waals surface area contributed by atoms with E-state index in [4.69, 9.17) is 9.15 Å². The number of fused-ring (bicyclic) bond motifs is 3. The molecule has 2 aromatic rings. The van der Waals surface area contributed by atoms with Crippen LogP contribution in [0.15, 0.2) is 41.0 Å². The molecule has 0 spiro atoms. The molecule has 0 saturated carbocycles. The van der Waals surface area contributed by atoms with Gasteiger partial charge in [-0.15, -0.1) is 0 Å². The molecule has 0 N–H and O–H groups in total. The van der Waals surface area contributed by atoms with Crippen LogP contribution in [0, 0.1) is 0 Å². The van der Waals surface area contributed by atoms with Crippen molar-refractivity contribution in [1.29, 1.82) is 0 Å². The maximum atomic E-state index is 5.89. The van der Waals surface area contributed by atoms with E-state index >= 15 is 0 Å². The summed E-state index contributed by atoms with van der Waals surface area (Å²) < 4.78 is 11.3. The summed E-state index contributed by atoms with van der Waals surface area (Å²) in [6.07, 6.45) is 1.67. The normalized spacial score (nSPS) is 13.6. The van der Waals surface area contributed by atoms with E-state index in [-0.39, 0.29) is 5.60 Å². The Bertz CT molecular complexity index is 509. The van der Waals surface area contributed by atoms with Gasteiger partial charge in [0.25, 0.3) is 0 Å². The number of furan rings is 1. The zero-order valence-electron chi connectivity index (χ0n) is 12.8. The van der Waals surface area contributed by atoms with Crippen molar-refractivity contribution in [1.82, 2.24) is 0 Å². The Hall–Kier alpha value is -1.70. The van der Waals surface area contributed by atoms with Gasteiger partial charge in [-0.3, -0.25) is 0 Å². The van der Waals surface area contributed by atoms with Gasteiger partial charge < -0.3 is 9.15 Å². The molecule has 1 aliphatic heterocycles. The number of hydrogen-bond donors (Lipinski definition) is 0. The summed E-state index contributed by atoms with van der Waals surface area (Å²) in [6, 6.07) is 10.1. The van der Waals surface area contributed by atoms with Crippen LogP contribution in [0.2, 0.25) is 0 Å². The van der Waals surface area contributed by atoms with Gasteiger partial charge in [0.15, 0.2) is 11.5 Å². The molecule has 0 saturated heterocycles. The van der Waals surface area contributed by atoms with Crippen LogP contribution in [0.4, 0.5) is 0 Å². The molecule has 2 nitrogen and oxygen atoms in total. The van der Waals surface area contributed by atoms with Crippen LogP contribution in [0.25, 0.3) is 11.3 Å².